The van der Waals surface area contributed by atoms with Crippen LogP contribution in [0.25, 0.3) is 0 Å². The standard InChI is InChI=1S/C6H12Si/c1-3-5-7-6-4-2/h5-6H,3-4H2,1-2H3. The average Bonchev–Trinajstić information content (AvgIpc) is 1.69. The van der Waals surface area contributed by atoms with Crippen LogP contribution in [-0.4, -0.2) is 20.1 Å². The van der Waals surface area contributed by atoms with Gasteiger partial charge in [-0.25, -0.2) is 0 Å². The molecule has 0 N–H and O–H groups in total. The van der Waals surface area contributed by atoms with Crippen LogP contribution in [0.1, 0.15) is 26.7 Å². The topological polar surface area (TPSA) is 0 Å². The molecule has 0 bridgehead atoms. The highest BCUT2D eigenvalue weighted by Crippen LogP contribution is 1.59. The summed E-state index contributed by atoms with van der Waals surface area (Å²) >= 11 is 0. The maximum Gasteiger partial charge on any atom is -0.0358 e. The van der Waals surface area contributed by atoms with Gasteiger partial charge in [-0.05, 0) is 21.6 Å². The SMILES string of the molecule is CCC=[Si]=CCC. The van der Waals surface area contributed by atoms with Gasteiger partial charge in [-0.1, -0.05) is 25.2 Å². The maximum atomic E-state index is 2.31. The third-order valence-electron chi connectivity index (χ3n) is 0.644. The van der Waals surface area contributed by atoms with Crippen molar-refractivity contribution in [2.45, 2.75) is 26.7 Å². The monoisotopic (exact) mass is 112 g/mol. The van der Waals surface area contributed by atoms with Crippen molar-refractivity contribution in [3.8, 4) is 0 Å². The van der Waals surface area contributed by atoms with Gasteiger partial charge in [0.05, 0.1) is 0 Å². The van der Waals surface area contributed by atoms with Crippen LogP contribution in [0.3, 0.4) is 0 Å². The van der Waals surface area contributed by atoms with E-state index in [0.717, 1.165) is 8.74 Å². The molecule has 7 heavy (non-hydrogen) atoms. The van der Waals surface area contributed by atoms with E-state index in [-0.39, 0.29) is 0 Å². The maximum absolute atomic E-state index is 2.31. The highest BCUT2D eigenvalue weighted by atomic mass is 28.1. The molecule has 0 saturated carbocycles. The highest BCUT2D eigenvalue weighted by molar-refractivity contribution is 6.54. The zero-order chi connectivity index (χ0) is 5.54. The van der Waals surface area contributed by atoms with Crippen LogP contribution in [-0.2, 0) is 0 Å². The van der Waals surface area contributed by atoms with Gasteiger partial charge in [0.15, 0.2) is 0 Å². The Morgan fingerprint density at radius 3 is 1.86 bits per heavy atom. The predicted molar refractivity (Wildman–Crippen MR) is 38.5 cm³/mol. The molecule has 40 valence electrons. The van der Waals surface area contributed by atoms with E-state index in [4.69, 9.17) is 0 Å². The van der Waals surface area contributed by atoms with E-state index < -0.39 is 0 Å². The van der Waals surface area contributed by atoms with Crippen LogP contribution >= 0.6 is 0 Å². The van der Waals surface area contributed by atoms with E-state index in [9.17, 15) is 0 Å². The van der Waals surface area contributed by atoms with E-state index in [0.29, 0.717) is 0 Å². The summed E-state index contributed by atoms with van der Waals surface area (Å²) in [6.45, 7) is 4.35. The fraction of sp³-hybridized carbons (Fsp3) is 0.667. The fourth-order valence-electron chi connectivity index (χ4n) is 0.319. The van der Waals surface area contributed by atoms with Gasteiger partial charge < -0.3 is 0 Å². The third-order valence-corrected chi connectivity index (χ3v) is 1.93. The van der Waals surface area contributed by atoms with Crippen LogP contribution in [0.4, 0.5) is 0 Å². The van der Waals surface area contributed by atoms with Gasteiger partial charge in [0.25, 0.3) is 0 Å². The van der Waals surface area contributed by atoms with Crippen molar-refractivity contribution in [1.82, 2.24) is 0 Å². The summed E-state index contributed by atoms with van der Waals surface area (Å²) in [5, 5.41) is 0. The van der Waals surface area contributed by atoms with Crippen LogP contribution in [0, 0.1) is 0 Å². The van der Waals surface area contributed by atoms with Crippen molar-refractivity contribution in [1.29, 1.82) is 0 Å². The van der Waals surface area contributed by atoms with Crippen LogP contribution < -0.4 is 0 Å². The van der Waals surface area contributed by atoms with E-state index in [1.807, 2.05) is 0 Å². The number of hydrogen-bond acceptors (Lipinski definition) is 0. The first-order valence-corrected chi connectivity index (χ1v) is 3.96. The molecule has 0 atom stereocenters. The molecule has 0 aromatic rings. The molecular weight excluding hydrogens is 100 g/mol. The summed E-state index contributed by atoms with van der Waals surface area (Å²) in [4.78, 5) is 0. The van der Waals surface area contributed by atoms with Crippen LogP contribution in [0.2, 0.25) is 0 Å². The summed E-state index contributed by atoms with van der Waals surface area (Å²) in [5.74, 6) is 0. The molecule has 0 amide bonds. The van der Waals surface area contributed by atoms with Gasteiger partial charge in [0.1, 0.15) is 0 Å². The predicted octanol–water partition coefficient (Wildman–Crippen LogP) is 1.11. The molecule has 0 fully saturated rings. The van der Waals surface area contributed by atoms with Crippen molar-refractivity contribution < 1.29 is 0 Å². The Bertz CT molecular complexity index is 70.2. The van der Waals surface area contributed by atoms with Gasteiger partial charge in [0.2, 0.25) is 0 Å². The molecule has 0 nitrogen and oxygen atoms in total. The molecule has 0 aliphatic heterocycles. The zero-order valence-corrected chi connectivity index (χ0v) is 6.07. The molecule has 0 unspecified atom stereocenters. The lowest BCUT2D eigenvalue weighted by atomic mass is 10.6. The molecule has 0 aliphatic rings. The smallest absolute Gasteiger partial charge is 0.0358 e. The van der Waals surface area contributed by atoms with E-state index in [1.54, 1.807) is 0 Å². The average molecular weight is 112 g/mol. The lowest BCUT2D eigenvalue weighted by molar-refractivity contribution is 1.35. The molecule has 0 aliphatic carbocycles. The molecule has 0 aromatic carbocycles. The first-order chi connectivity index (χ1) is 3.41. The van der Waals surface area contributed by atoms with Crippen molar-refractivity contribution in [2.75, 3.05) is 0 Å². The van der Waals surface area contributed by atoms with Gasteiger partial charge in [-0.2, -0.15) is 0 Å². The quantitative estimate of drug-likeness (QED) is 0.469. The normalized spacial score (nSPS) is 7.14. The summed E-state index contributed by atoms with van der Waals surface area (Å²) < 4.78 is 0. The van der Waals surface area contributed by atoms with Gasteiger partial charge >= 0.3 is 0 Å². The van der Waals surface area contributed by atoms with E-state index >= 15 is 0 Å². The summed E-state index contributed by atoms with van der Waals surface area (Å²) in [6, 6.07) is 0. The second-order valence-corrected chi connectivity index (χ2v) is 2.54. The fourth-order valence-corrected chi connectivity index (χ4v) is 0.957. The minimum Gasteiger partial charge on any atom is -0.0702 e. The van der Waals surface area contributed by atoms with Gasteiger partial charge in [0, 0.05) is 0 Å². The Labute approximate surface area is 47.6 Å². The summed E-state index contributed by atoms with van der Waals surface area (Å²) in [6.07, 6.45) is 2.43. The molecule has 0 saturated heterocycles. The Kier molecular flexibility index (Phi) is 5.92. The Morgan fingerprint density at radius 2 is 1.57 bits per heavy atom. The van der Waals surface area contributed by atoms with Crippen molar-refractivity contribution in [3.05, 3.63) is 0 Å². The van der Waals surface area contributed by atoms with Crippen LogP contribution in [0.15, 0.2) is 0 Å². The molecule has 0 radical (unpaired) electrons. The summed E-state index contributed by atoms with van der Waals surface area (Å²) in [5.41, 5.74) is 4.62. The second-order valence-electron chi connectivity index (χ2n) is 1.39. The zero-order valence-electron chi connectivity index (χ0n) is 5.07. The molecule has 1 heteroatoms. The first kappa shape index (κ1) is 6.96. The van der Waals surface area contributed by atoms with Crippen molar-refractivity contribution in [2.24, 2.45) is 0 Å². The third kappa shape index (κ3) is 5.96. The minimum absolute atomic E-state index is 0.982. The summed E-state index contributed by atoms with van der Waals surface area (Å²) in [7, 11) is 0.982. The van der Waals surface area contributed by atoms with E-state index in [1.165, 1.54) is 12.8 Å². The Hall–Kier alpha value is -0.0431. The minimum atomic E-state index is 0.982. The molecule has 0 spiro atoms. The highest BCUT2D eigenvalue weighted by Gasteiger charge is 1.57. The van der Waals surface area contributed by atoms with Gasteiger partial charge in [-0.3, -0.25) is 0 Å². The lowest BCUT2D eigenvalue weighted by Crippen LogP contribution is -1.74. The first-order valence-electron chi connectivity index (χ1n) is 2.81. The largest absolute Gasteiger partial charge is 0.0702 e. The number of rotatable bonds is 2. The molecular formula is C6H12Si. The number of hydrogen-bond donors (Lipinski definition) is 0. The van der Waals surface area contributed by atoms with Gasteiger partial charge in [-0.15, -0.1) is 0 Å². The van der Waals surface area contributed by atoms with Crippen molar-refractivity contribution >= 4 is 20.1 Å². The van der Waals surface area contributed by atoms with Crippen molar-refractivity contribution in [3.63, 3.8) is 0 Å². The molecule has 0 rings (SSSR count). The lowest BCUT2D eigenvalue weighted by Gasteiger charge is -1.67. The second kappa shape index (κ2) is 5.96. The van der Waals surface area contributed by atoms with Crippen LogP contribution in [0.5, 0.6) is 0 Å². The Morgan fingerprint density at radius 1 is 1.14 bits per heavy atom. The molecule has 0 aromatic heterocycles. The Balaban J connectivity index is 3.21. The van der Waals surface area contributed by atoms with E-state index in [2.05, 4.69) is 25.2 Å². The molecule has 0 heterocycles.